The molecule has 18 heavy (non-hydrogen) atoms. The van der Waals surface area contributed by atoms with Crippen LogP contribution < -0.4 is 10.1 Å². The summed E-state index contributed by atoms with van der Waals surface area (Å²) in [5, 5.41) is 7.81. The molecule has 96 valence electrons. The lowest BCUT2D eigenvalue weighted by atomic mass is 10.1. The molecule has 2 aromatic rings. The van der Waals surface area contributed by atoms with E-state index in [1.165, 1.54) is 5.56 Å². The van der Waals surface area contributed by atoms with Gasteiger partial charge >= 0.3 is 0 Å². The van der Waals surface area contributed by atoms with Crippen molar-refractivity contribution in [2.24, 2.45) is 0 Å². The van der Waals surface area contributed by atoms with Crippen LogP contribution in [0.2, 0.25) is 0 Å². The molecule has 1 unspecified atom stereocenters. The molecular formula is C14H18N2OS. The Morgan fingerprint density at radius 1 is 1.44 bits per heavy atom. The lowest BCUT2D eigenvalue weighted by molar-refractivity contribution is 0.389. The van der Waals surface area contributed by atoms with Gasteiger partial charge in [0.05, 0.1) is 7.11 Å². The van der Waals surface area contributed by atoms with E-state index >= 15 is 0 Å². The van der Waals surface area contributed by atoms with E-state index in [1.54, 1.807) is 24.6 Å². The molecule has 0 bridgehead atoms. The first-order valence-corrected chi connectivity index (χ1v) is 6.96. The minimum atomic E-state index is 0.435. The number of nitrogens with zero attached hydrogens (tertiary/aromatic N) is 1. The summed E-state index contributed by atoms with van der Waals surface area (Å²) in [7, 11) is 1.65. The van der Waals surface area contributed by atoms with Gasteiger partial charge in [-0.05, 0) is 41.8 Å². The largest absolute Gasteiger partial charge is 0.481 e. The summed E-state index contributed by atoms with van der Waals surface area (Å²) in [6.07, 6.45) is 2.79. The van der Waals surface area contributed by atoms with E-state index in [2.05, 4.69) is 34.1 Å². The topological polar surface area (TPSA) is 34.1 Å². The number of rotatable bonds is 6. The van der Waals surface area contributed by atoms with Gasteiger partial charge in [-0.2, -0.15) is 11.3 Å². The number of hydrogen-bond acceptors (Lipinski definition) is 4. The van der Waals surface area contributed by atoms with Gasteiger partial charge in [-0.25, -0.2) is 4.98 Å². The average molecular weight is 262 g/mol. The maximum absolute atomic E-state index is 5.23. The van der Waals surface area contributed by atoms with Crippen molar-refractivity contribution in [3.05, 3.63) is 46.3 Å². The molecule has 1 N–H and O–H groups in total. The lowest BCUT2D eigenvalue weighted by Crippen LogP contribution is -2.27. The van der Waals surface area contributed by atoms with E-state index in [0.717, 1.165) is 18.5 Å². The van der Waals surface area contributed by atoms with Crippen LogP contribution in [-0.4, -0.2) is 18.1 Å². The smallest absolute Gasteiger partial charge is 0.217 e. The third kappa shape index (κ3) is 3.55. The SMILES string of the molecule is COc1ncccc1CNC(C)Cc1ccsc1. The molecule has 3 nitrogen and oxygen atoms in total. The van der Waals surface area contributed by atoms with Crippen molar-refractivity contribution in [2.45, 2.75) is 25.9 Å². The predicted molar refractivity (Wildman–Crippen MR) is 75.1 cm³/mol. The predicted octanol–water partition coefficient (Wildman–Crippen LogP) is 2.87. The number of thiophene rings is 1. The van der Waals surface area contributed by atoms with Crippen LogP contribution in [0.1, 0.15) is 18.1 Å². The van der Waals surface area contributed by atoms with Crippen molar-refractivity contribution in [2.75, 3.05) is 7.11 Å². The molecule has 0 fully saturated rings. The van der Waals surface area contributed by atoms with E-state index in [1.807, 2.05) is 12.1 Å². The van der Waals surface area contributed by atoms with Crippen LogP contribution in [-0.2, 0) is 13.0 Å². The maximum atomic E-state index is 5.23. The Morgan fingerprint density at radius 2 is 2.33 bits per heavy atom. The zero-order valence-corrected chi connectivity index (χ0v) is 11.5. The van der Waals surface area contributed by atoms with E-state index in [-0.39, 0.29) is 0 Å². The van der Waals surface area contributed by atoms with Gasteiger partial charge in [0, 0.05) is 24.3 Å². The molecule has 2 aromatic heterocycles. The lowest BCUT2D eigenvalue weighted by Gasteiger charge is -2.14. The van der Waals surface area contributed by atoms with Crippen molar-refractivity contribution in [1.29, 1.82) is 0 Å². The highest BCUT2D eigenvalue weighted by Gasteiger charge is 2.07. The van der Waals surface area contributed by atoms with Crippen LogP contribution in [0, 0.1) is 0 Å². The molecule has 0 aliphatic rings. The zero-order valence-electron chi connectivity index (χ0n) is 10.7. The minimum absolute atomic E-state index is 0.435. The summed E-state index contributed by atoms with van der Waals surface area (Å²) in [5.74, 6) is 0.702. The summed E-state index contributed by atoms with van der Waals surface area (Å²) < 4.78 is 5.23. The first kappa shape index (κ1) is 13.1. The van der Waals surface area contributed by atoms with E-state index < -0.39 is 0 Å². The molecule has 0 saturated heterocycles. The summed E-state index contributed by atoms with van der Waals surface area (Å²) in [5.41, 5.74) is 2.48. The molecule has 0 spiro atoms. The standard InChI is InChI=1S/C14H18N2OS/c1-11(8-12-5-7-18-10-12)16-9-13-4-3-6-15-14(13)17-2/h3-7,10-11,16H,8-9H2,1-2H3. The summed E-state index contributed by atoms with van der Waals surface area (Å²) in [6, 6.07) is 6.58. The van der Waals surface area contributed by atoms with Gasteiger partial charge in [-0.1, -0.05) is 6.07 Å². The Labute approximate surface area is 112 Å². The van der Waals surface area contributed by atoms with Crippen LogP contribution in [0.15, 0.2) is 35.2 Å². The van der Waals surface area contributed by atoms with Crippen molar-refractivity contribution < 1.29 is 4.74 Å². The molecule has 0 aliphatic carbocycles. The second-order valence-electron chi connectivity index (χ2n) is 4.29. The monoisotopic (exact) mass is 262 g/mol. The number of methoxy groups -OCH3 is 1. The Morgan fingerprint density at radius 3 is 3.06 bits per heavy atom. The fraction of sp³-hybridized carbons (Fsp3) is 0.357. The number of aromatic nitrogens is 1. The van der Waals surface area contributed by atoms with Gasteiger partial charge in [-0.15, -0.1) is 0 Å². The van der Waals surface area contributed by atoms with Crippen molar-refractivity contribution >= 4 is 11.3 Å². The van der Waals surface area contributed by atoms with Crippen LogP contribution >= 0.6 is 11.3 Å². The maximum Gasteiger partial charge on any atom is 0.217 e. The fourth-order valence-corrected chi connectivity index (χ4v) is 2.54. The number of hydrogen-bond donors (Lipinski definition) is 1. The van der Waals surface area contributed by atoms with Gasteiger partial charge in [0.2, 0.25) is 5.88 Å². The van der Waals surface area contributed by atoms with Crippen LogP contribution in [0.25, 0.3) is 0 Å². The molecular weight excluding hydrogens is 244 g/mol. The minimum Gasteiger partial charge on any atom is -0.481 e. The van der Waals surface area contributed by atoms with Crippen molar-refractivity contribution in [3.63, 3.8) is 0 Å². The van der Waals surface area contributed by atoms with Gasteiger partial charge < -0.3 is 10.1 Å². The van der Waals surface area contributed by atoms with Gasteiger partial charge in [0.25, 0.3) is 0 Å². The first-order chi connectivity index (χ1) is 8.79. The summed E-state index contributed by atoms with van der Waals surface area (Å²) in [6.45, 7) is 2.98. The number of ether oxygens (including phenoxy) is 1. The normalized spacial score (nSPS) is 12.3. The van der Waals surface area contributed by atoms with Crippen LogP contribution in [0.4, 0.5) is 0 Å². The number of nitrogens with one attached hydrogen (secondary N) is 1. The molecule has 2 rings (SSSR count). The zero-order chi connectivity index (χ0) is 12.8. The summed E-state index contributed by atoms with van der Waals surface area (Å²) >= 11 is 1.74. The second kappa shape index (κ2) is 6.52. The highest BCUT2D eigenvalue weighted by molar-refractivity contribution is 7.07. The highest BCUT2D eigenvalue weighted by Crippen LogP contribution is 2.14. The Hall–Kier alpha value is -1.39. The molecule has 0 aliphatic heterocycles. The Balaban J connectivity index is 1.87. The molecule has 0 amide bonds. The third-order valence-electron chi connectivity index (χ3n) is 2.81. The third-order valence-corrected chi connectivity index (χ3v) is 3.54. The molecule has 0 aromatic carbocycles. The van der Waals surface area contributed by atoms with Gasteiger partial charge in [-0.3, -0.25) is 0 Å². The van der Waals surface area contributed by atoms with Crippen molar-refractivity contribution in [1.82, 2.24) is 10.3 Å². The first-order valence-electron chi connectivity index (χ1n) is 6.02. The molecule has 1 atom stereocenters. The summed E-state index contributed by atoms with van der Waals surface area (Å²) in [4.78, 5) is 4.19. The molecule has 0 saturated carbocycles. The van der Waals surface area contributed by atoms with Gasteiger partial charge in [0.15, 0.2) is 0 Å². The van der Waals surface area contributed by atoms with Crippen LogP contribution in [0.5, 0.6) is 5.88 Å². The van der Waals surface area contributed by atoms with Crippen LogP contribution in [0.3, 0.4) is 0 Å². The molecule has 4 heteroatoms. The van der Waals surface area contributed by atoms with E-state index in [0.29, 0.717) is 11.9 Å². The van der Waals surface area contributed by atoms with E-state index in [9.17, 15) is 0 Å². The quantitative estimate of drug-likeness (QED) is 0.869. The second-order valence-corrected chi connectivity index (χ2v) is 5.07. The average Bonchev–Trinajstić information content (AvgIpc) is 2.89. The van der Waals surface area contributed by atoms with Gasteiger partial charge in [0.1, 0.15) is 0 Å². The highest BCUT2D eigenvalue weighted by atomic mass is 32.1. The Bertz CT molecular complexity index is 470. The molecule has 2 heterocycles. The van der Waals surface area contributed by atoms with Crippen molar-refractivity contribution in [3.8, 4) is 5.88 Å². The fourth-order valence-electron chi connectivity index (χ4n) is 1.86. The number of pyridine rings is 1. The van der Waals surface area contributed by atoms with E-state index in [4.69, 9.17) is 4.74 Å². The molecule has 0 radical (unpaired) electrons. The Kier molecular flexibility index (Phi) is 4.73.